The van der Waals surface area contributed by atoms with Gasteiger partial charge in [-0.3, -0.25) is 0 Å². The zero-order valence-corrected chi connectivity index (χ0v) is 11.5. The molecule has 0 heterocycles. The van der Waals surface area contributed by atoms with Crippen molar-refractivity contribution in [1.82, 2.24) is 4.72 Å². The van der Waals surface area contributed by atoms with Gasteiger partial charge in [-0.15, -0.1) is 0 Å². The molecule has 0 aliphatic heterocycles. The Bertz CT molecular complexity index is 448. The van der Waals surface area contributed by atoms with Crippen molar-refractivity contribution in [2.45, 2.75) is 5.25 Å². The zero-order valence-electron chi connectivity index (χ0n) is 9.10. The molecule has 1 atom stereocenters. The topological polar surface area (TPSA) is 46.2 Å². The minimum Gasteiger partial charge on any atom is -0.214 e. The van der Waals surface area contributed by atoms with Crippen molar-refractivity contribution in [3.05, 3.63) is 34.9 Å². The summed E-state index contributed by atoms with van der Waals surface area (Å²) in [6.07, 6.45) is 3.10. The van der Waals surface area contributed by atoms with Gasteiger partial charge < -0.3 is 0 Å². The summed E-state index contributed by atoms with van der Waals surface area (Å²) in [5.41, 5.74) is 1.02. The summed E-state index contributed by atoms with van der Waals surface area (Å²) in [6, 6.07) is 7.46. The van der Waals surface area contributed by atoms with Crippen LogP contribution >= 0.6 is 23.4 Å². The molecule has 3 nitrogen and oxygen atoms in total. The fourth-order valence-electron chi connectivity index (χ4n) is 1.27. The Hall–Kier alpha value is -0.230. The molecule has 0 fully saturated rings. The summed E-state index contributed by atoms with van der Waals surface area (Å²) in [5, 5.41) is 0.740. The number of halogens is 1. The quantitative estimate of drug-likeness (QED) is 0.900. The van der Waals surface area contributed by atoms with Gasteiger partial charge in [0.05, 0.1) is 6.26 Å². The molecule has 0 amide bonds. The minimum atomic E-state index is -3.14. The Morgan fingerprint density at radius 1 is 1.50 bits per heavy atom. The molecule has 16 heavy (non-hydrogen) atoms. The van der Waals surface area contributed by atoms with Crippen LogP contribution in [0.25, 0.3) is 0 Å². The third kappa shape index (κ3) is 4.74. The standard InChI is InChI=1S/C10H14ClNO2S2/c1-15-10(7-12-16(2,13)14)8-4-3-5-9(11)6-8/h3-6,10,12H,7H2,1-2H3. The lowest BCUT2D eigenvalue weighted by atomic mass is 10.1. The molecule has 0 aliphatic carbocycles. The van der Waals surface area contributed by atoms with E-state index in [2.05, 4.69) is 4.72 Å². The van der Waals surface area contributed by atoms with E-state index in [0.29, 0.717) is 11.6 Å². The fourth-order valence-corrected chi connectivity index (χ4v) is 2.71. The fraction of sp³-hybridized carbons (Fsp3) is 0.400. The normalized spacial score (nSPS) is 13.7. The third-order valence-corrected chi connectivity index (χ3v) is 3.97. The first-order chi connectivity index (χ1) is 7.42. The number of nitrogens with one attached hydrogen (secondary N) is 1. The summed E-state index contributed by atoms with van der Waals surface area (Å²) in [5.74, 6) is 0. The number of rotatable bonds is 5. The number of thioether (sulfide) groups is 1. The average molecular weight is 280 g/mol. The van der Waals surface area contributed by atoms with E-state index in [0.717, 1.165) is 11.8 Å². The van der Waals surface area contributed by atoms with Crippen molar-refractivity contribution >= 4 is 33.4 Å². The lowest BCUT2D eigenvalue weighted by Crippen LogP contribution is -2.26. The zero-order chi connectivity index (χ0) is 12.2. The van der Waals surface area contributed by atoms with Gasteiger partial charge >= 0.3 is 0 Å². The first kappa shape index (κ1) is 13.8. The highest BCUT2D eigenvalue weighted by molar-refractivity contribution is 7.98. The SMILES string of the molecule is CSC(CNS(C)(=O)=O)c1cccc(Cl)c1. The highest BCUT2D eigenvalue weighted by atomic mass is 35.5. The summed E-state index contributed by atoms with van der Waals surface area (Å²) < 4.78 is 24.5. The first-order valence-corrected chi connectivity index (χ1v) is 8.21. The van der Waals surface area contributed by atoms with Crippen LogP contribution in [0.5, 0.6) is 0 Å². The Morgan fingerprint density at radius 2 is 2.19 bits per heavy atom. The Morgan fingerprint density at radius 3 is 2.69 bits per heavy atom. The second-order valence-electron chi connectivity index (χ2n) is 3.40. The minimum absolute atomic E-state index is 0.0772. The maximum Gasteiger partial charge on any atom is 0.208 e. The van der Waals surface area contributed by atoms with Gasteiger partial charge in [-0.05, 0) is 24.0 Å². The van der Waals surface area contributed by atoms with E-state index in [1.807, 2.05) is 24.5 Å². The van der Waals surface area contributed by atoms with Crippen LogP contribution in [0.15, 0.2) is 24.3 Å². The summed E-state index contributed by atoms with van der Waals surface area (Å²) >= 11 is 7.47. The molecule has 1 N–H and O–H groups in total. The lowest BCUT2D eigenvalue weighted by Gasteiger charge is -2.15. The molecule has 1 unspecified atom stereocenters. The molecular weight excluding hydrogens is 266 g/mol. The van der Waals surface area contributed by atoms with Crippen molar-refractivity contribution in [3.63, 3.8) is 0 Å². The van der Waals surface area contributed by atoms with Gasteiger partial charge in [-0.25, -0.2) is 13.1 Å². The van der Waals surface area contributed by atoms with Crippen LogP contribution in [0.1, 0.15) is 10.8 Å². The van der Waals surface area contributed by atoms with Crippen molar-refractivity contribution in [2.75, 3.05) is 19.1 Å². The molecule has 0 aromatic heterocycles. The predicted molar refractivity (Wildman–Crippen MR) is 70.6 cm³/mol. The van der Waals surface area contributed by atoms with E-state index in [4.69, 9.17) is 11.6 Å². The molecule has 0 bridgehead atoms. The molecule has 1 rings (SSSR count). The Balaban J connectivity index is 2.75. The summed E-state index contributed by atoms with van der Waals surface area (Å²) in [4.78, 5) is 0. The van der Waals surface area contributed by atoms with Crippen molar-refractivity contribution in [1.29, 1.82) is 0 Å². The average Bonchev–Trinajstić information content (AvgIpc) is 2.17. The highest BCUT2D eigenvalue weighted by Gasteiger charge is 2.12. The lowest BCUT2D eigenvalue weighted by molar-refractivity contribution is 0.587. The van der Waals surface area contributed by atoms with Gasteiger partial charge in [0.15, 0.2) is 0 Å². The van der Waals surface area contributed by atoms with Gasteiger partial charge in [0, 0.05) is 16.8 Å². The number of benzene rings is 1. The molecular formula is C10H14ClNO2S2. The van der Waals surface area contributed by atoms with Crippen LogP contribution in [0, 0.1) is 0 Å². The van der Waals surface area contributed by atoms with Crippen LogP contribution < -0.4 is 4.72 Å². The van der Waals surface area contributed by atoms with E-state index in [1.165, 1.54) is 0 Å². The number of hydrogen-bond donors (Lipinski definition) is 1. The Kier molecular flexibility index (Phi) is 5.11. The van der Waals surface area contributed by atoms with Crippen LogP contribution in [-0.4, -0.2) is 27.5 Å². The maximum absolute atomic E-state index is 11.0. The van der Waals surface area contributed by atoms with Crippen molar-refractivity contribution < 1.29 is 8.42 Å². The molecule has 1 aromatic carbocycles. The third-order valence-electron chi connectivity index (χ3n) is 2.04. The molecule has 6 heteroatoms. The van der Waals surface area contributed by atoms with Gasteiger partial charge in [-0.1, -0.05) is 23.7 Å². The first-order valence-electron chi connectivity index (χ1n) is 4.65. The van der Waals surface area contributed by atoms with Gasteiger partial charge in [0.1, 0.15) is 0 Å². The maximum atomic E-state index is 11.0. The number of hydrogen-bond acceptors (Lipinski definition) is 3. The van der Waals surface area contributed by atoms with Crippen molar-refractivity contribution in [2.24, 2.45) is 0 Å². The van der Waals surface area contributed by atoms with E-state index in [1.54, 1.807) is 17.8 Å². The summed E-state index contributed by atoms with van der Waals surface area (Å²) in [7, 11) is -3.14. The predicted octanol–water partition coefficient (Wildman–Crippen LogP) is 2.29. The van der Waals surface area contributed by atoms with Crippen LogP contribution in [0.2, 0.25) is 5.02 Å². The second kappa shape index (κ2) is 5.91. The van der Waals surface area contributed by atoms with Crippen LogP contribution in [0.3, 0.4) is 0 Å². The van der Waals surface area contributed by atoms with E-state index < -0.39 is 10.0 Å². The molecule has 0 saturated carbocycles. The molecule has 90 valence electrons. The highest BCUT2D eigenvalue weighted by Crippen LogP contribution is 2.27. The van der Waals surface area contributed by atoms with Crippen molar-refractivity contribution in [3.8, 4) is 0 Å². The molecule has 0 aliphatic rings. The molecule has 0 radical (unpaired) electrons. The second-order valence-corrected chi connectivity index (χ2v) is 6.71. The monoisotopic (exact) mass is 279 g/mol. The largest absolute Gasteiger partial charge is 0.214 e. The van der Waals surface area contributed by atoms with Gasteiger partial charge in [0.2, 0.25) is 10.0 Å². The van der Waals surface area contributed by atoms with Gasteiger partial charge in [-0.2, -0.15) is 11.8 Å². The summed E-state index contributed by atoms with van der Waals surface area (Å²) in [6.45, 7) is 0.375. The molecule has 0 saturated heterocycles. The van der Waals surface area contributed by atoms with Crippen LogP contribution in [-0.2, 0) is 10.0 Å². The smallest absolute Gasteiger partial charge is 0.208 e. The molecule has 1 aromatic rings. The van der Waals surface area contributed by atoms with E-state index in [9.17, 15) is 8.42 Å². The number of sulfonamides is 1. The van der Waals surface area contributed by atoms with Crippen LogP contribution in [0.4, 0.5) is 0 Å². The van der Waals surface area contributed by atoms with E-state index in [-0.39, 0.29) is 5.25 Å². The van der Waals surface area contributed by atoms with E-state index >= 15 is 0 Å². The molecule has 0 spiro atoms. The Labute approximate surface area is 106 Å². The van der Waals surface area contributed by atoms with Gasteiger partial charge in [0.25, 0.3) is 0 Å².